The molecule has 1 aromatic rings. The molecule has 0 radical (unpaired) electrons. The van der Waals surface area contributed by atoms with E-state index in [1.807, 2.05) is 18.2 Å². The number of nitrogens with zero attached hydrogens (tertiary/aromatic N) is 1. The number of rotatable bonds is 8. The molecule has 0 fully saturated rings. The van der Waals surface area contributed by atoms with Crippen molar-refractivity contribution in [1.82, 2.24) is 10.2 Å². The molecule has 0 saturated carbocycles. The van der Waals surface area contributed by atoms with Crippen LogP contribution in [0.25, 0.3) is 0 Å². The first kappa shape index (κ1) is 19.8. The summed E-state index contributed by atoms with van der Waals surface area (Å²) in [5.74, 6) is 0.557. The van der Waals surface area contributed by atoms with Crippen LogP contribution in [0.1, 0.15) is 50.7 Å². The molecule has 1 aromatic carbocycles. The fourth-order valence-electron chi connectivity index (χ4n) is 2.47. The molecule has 2 amide bonds. The first-order valence-corrected chi connectivity index (χ1v) is 8.19. The number of amides is 2. The minimum absolute atomic E-state index is 0.184. The van der Waals surface area contributed by atoms with E-state index in [1.165, 1.54) is 12.4 Å². The summed E-state index contributed by atoms with van der Waals surface area (Å²) in [4.78, 5) is 13.9. The van der Waals surface area contributed by atoms with Crippen LogP contribution in [-0.4, -0.2) is 28.8 Å². The van der Waals surface area contributed by atoms with Gasteiger partial charge in [-0.3, -0.25) is 0 Å². The number of anilines is 1. The van der Waals surface area contributed by atoms with Gasteiger partial charge in [0.25, 0.3) is 0 Å². The molecule has 3 N–H and O–H groups in total. The number of benzene rings is 1. The van der Waals surface area contributed by atoms with Gasteiger partial charge in [-0.15, -0.1) is 0 Å². The summed E-state index contributed by atoms with van der Waals surface area (Å²) in [6.45, 7) is 15.7. The minimum atomic E-state index is -1.03. The van der Waals surface area contributed by atoms with Crippen LogP contribution in [0.5, 0.6) is 0 Å². The van der Waals surface area contributed by atoms with Gasteiger partial charge in [0.2, 0.25) is 0 Å². The topological polar surface area (TPSA) is 64.6 Å². The van der Waals surface area contributed by atoms with Crippen molar-refractivity contribution in [2.24, 2.45) is 0 Å². The molecule has 5 heteroatoms. The Labute approximate surface area is 145 Å². The summed E-state index contributed by atoms with van der Waals surface area (Å²) >= 11 is 0. The van der Waals surface area contributed by atoms with Gasteiger partial charge in [-0.05, 0) is 35.4 Å². The fourth-order valence-corrected chi connectivity index (χ4v) is 2.47. The average Bonchev–Trinajstić information content (AvgIpc) is 2.51. The Morgan fingerprint density at radius 1 is 1.17 bits per heavy atom. The van der Waals surface area contributed by atoms with Gasteiger partial charge < -0.3 is 20.6 Å². The zero-order valence-corrected chi connectivity index (χ0v) is 15.0. The van der Waals surface area contributed by atoms with Gasteiger partial charge in [-0.1, -0.05) is 59.1 Å². The second-order valence-corrected chi connectivity index (χ2v) is 6.30. The molecular formula is C19H29N3O2. The number of urea groups is 1. The Balaban J connectivity index is 2.89. The summed E-state index contributed by atoms with van der Waals surface area (Å²) in [6.07, 6.45) is 2.02. The molecule has 5 nitrogen and oxygen atoms in total. The maximum Gasteiger partial charge on any atom is 0.321 e. The number of para-hydroxylation sites is 1. The Kier molecular flexibility index (Phi) is 7.52. The average molecular weight is 331 g/mol. The molecule has 0 saturated heterocycles. The largest absolute Gasteiger partial charge is 0.372 e. The predicted molar refractivity (Wildman–Crippen MR) is 99.9 cm³/mol. The van der Waals surface area contributed by atoms with Crippen molar-refractivity contribution < 1.29 is 9.90 Å². The highest BCUT2D eigenvalue weighted by molar-refractivity contribution is 5.91. The first-order valence-electron chi connectivity index (χ1n) is 8.19. The number of carbonyl (C=O) groups excluding carboxylic acids is 1. The maximum atomic E-state index is 12.3. The van der Waals surface area contributed by atoms with Gasteiger partial charge in [0.05, 0.1) is 6.54 Å². The number of hydrogen-bond acceptors (Lipinski definition) is 3. The van der Waals surface area contributed by atoms with Gasteiger partial charge in [0, 0.05) is 5.69 Å². The smallest absolute Gasteiger partial charge is 0.321 e. The highest BCUT2D eigenvalue weighted by Crippen LogP contribution is 2.32. The van der Waals surface area contributed by atoms with Crippen molar-refractivity contribution >= 4 is 11.7 Å². The Morgan fingerprint density at radius 3 is 2.08 bits per heavy atom. The monoisotopic (exact) mass is 331 g/mol. The van der Waals surface area contributed by atoms with Crippen LogP contribution < -0.4 is 10.6 Å². The molecule has 0 aliphatic rings. The molecule has 0 aliphatic heterocycles. The maximum absolute atomic E-state index is 12.3. The highest BCUT2D eigenvalue weighted by Gasteiger charge is 2.17. The summed E-state index contributed by atoms with van der Waals surface area (Å²) in [5, 5.41) is 15.4. The van der Waals surface area contributed by atoms with E-state index in [9.17, 15) is 9.90 Å². The van der Waals surface area contributed by atoms with Crippen LogP contribution in [0.2, 0.25) is 0 Å². The molecule has 0 spiro atoms. The van der Waals surface area contributed by atoms with Gasteiger partial charge in [-0.25, -0.2) is 4.79 Å². The lowest BCUT2D eigenvalue weighted by Crippen LogP contribution is -2.43. The van der Waals surface area contributed by atoms with E-state index in [4.69, 9.17) is 0 Å². The van der Waals surface area contributed by atoms with Gasteiger partial charge >= 0.3 is 6.03 Å². The van der Waals surface area contributed by atoms with E-state index >= 15 is 0 Å². The zero-order valence-electron chi connectivity index (χ0n) is 15.0. The van der Waals surface area contributed by atoms with Gasteiger partial charge in [0.15, 0.2) is 0 Å². The van der Waals surface area contributed by atoms with Crippen molar-refractivity contribution in [2.75, 3.05) is 11.9 Å². The second-order valence-electron chi connectivity index (χ2n) is 6.30. The number of nitrogens with one attached hydrogen (secondary N) is 2. The van der Waals surface area contributed by atoms with Crippen LogP contribution in [0.3, 0.4) is 0 Å². The van der Waals surface area contributed by atoms with Crippen LogP contribution >= 0.6 is 0 Å². The van der Waals surface area contributed by atoms with Crippen molar-refractivity contribution in [3.8, 4) is 0 Å². The summed E-state index contributed by atoms with van der Waals surface area (Å²) in [6, 6.07) is 5.60. The lowest BCUT2D eigenvalue weighted by molar-refractivity contribution is 0.124. The Hall–Kier alpha value is -2.27. The number of aliphatic hydroxyl groups excluding tert-OH is 1. The highest BCUT2D eigenvalue weighted by atomic mass is 16.3. The Morgan fingerprint density at radius 2 is 1.67 bits per heavy atom. The van der Waals surface area contributed by atoms with Crippen LogP contribution in [-0.2, 0) is 0 Å². The van der Waals surface area contributed by atoms with Gasteiger partial charge in [0.1, 0.15) is 6.23 Å². The molecule has 24 heavy (non-hydrogen) atoms. The molecular weight excluding hydrogens is 302 g/mol. The minimum Gasteiger partial charge on any atom is -0.372 e. The third-order valence-electron chi connectivity index (χ3n) is 3.76. The van der Waals surface area contributed by atoms with E-state index < -0.39 is 12.3 Å². The molecule has 1 atom stereocenters. The molecule has 132 valence electrons. The standard InChI is InChI=1S/C19H29N3O2/c1-7-22(8-2)12-17(23)20-19(24)21-18-15(13(3)4)10-9-11-16(18)14(5)6/h7-11,13-14,17,23H,1-2,12H2,3-6H3,(H2,20,21,24)/t17-/m1/s1. The summed E-state index contributed by atoms with van der Waals surface area (Å²) < 4.78 is 0. The number of aliphatic hydroxyl groups is 1. The van der Waals surface area contributed by atoms with Crippen LogP contribution in [0.15, 0.2) is 43.8 Å². The van der Waals surface area contributed by atoms with E-state index in [0.29, 0.717) is 0 Å². The van der Waals surface area contributed by atoms with E-state index in [0.717, 1.165) is 16.8 Å². The van der Waals surface area contributed by atoms with E-state index in [-0.39, 0.29) is 18.4 Å². The second kappa shape index (κ2) is 9.13. The Bertz CT molecular complexity index is 548. The van der Waals surface area contributed by atoms with Crippen LogP contribution in [0.4, 0.5) is 10.5 Å². The molecule has 0 bridgehead atoms. The predicted octanol–water partition coefficient (Wildman–Crippen LogP) is 3.96. The number of hydrogen-bond donors (Lipinski definition) is 3. The van der Waals surface area contributed by atoms with E-state index in [1.54, 1.807) is 4.90 Å². The number of carbonyl (C=O) groups is 1. The normalized spacial score (nSPS) is 12.0. The zero-order chi connectivity index (χ0) is 18.3. The van der Waals surface area contributed by atoms with E-state index in [2.05, 4.69) is 51.5 Å². The summed E-state index contributed by atoms with van der Waals surface area (Å²) in [7, 11) is 0. The summed E-state index contributed by atoms with van der Waals surface area (Å²) in [5.41, 5.74) is 2.96. The molecule has 1 rings (SSSR count). The SMILES string of the molecule is C=CN(C=C)C[C@@H](O)NC(=O)Nc1c(C(C)C)cccc1C(C)C. The van der Waals surface area contributed by atoms with Gasteiger partial charge in [-0.2, -0.15) is 0 Å². The molecule has 0 heterocycles. The van der Waals surface area contributed by atoms with Crippen molar-refractivity contribution in [3.05, 3.63) is 54.9 Å². The lowest BCUT2D eigenvalue weighted by atomic mass is 9.93. The molecule has 0 aliphatic carbocycles. The van der Waals surface area contributed by atoms with Crippen molar-refractivity contribution in [1.29, 1.82) is 0 Å². The lowest BCUT2D eigenvalue weighted by Gasteiger charge is -2.23. The molecule has 0 unspecified atom stereocenters. The fraction of sp³-hybridized carbons (Fsp3) is 0.421. The third kappa shape index (κ3) is 5.42. The van der Waals surface area contributed by atoms with Crippen LogP contribution in [0, 0.1) is 0 Å². The quantitative estimate of drug-likeness (QED) is 0.632. The first-order chi connectivity index (χ1) is 11.3. The molecule has 0 aromatic heterocycles. The third-order valence-corrected chi connectivity index (χ3v) is 3.76. The van der Waals surface area contributed by atoms with Crippen molar-refractivity contribution in [3.63, 3.8) is 0 Å². The van der Waals surface area contributed by atoms with Crippen molar-refractivity contribution in [2.45, 2.75) is 45.8 Å².